The number of quaternary nitrogens is 1. The number of benzene rings is 1. The zero-order chi connectivity index (χ0) is 43.2. The number of aromatic nitrogens is 1. The van der Waals surface area contributed by atoms with E-state index in [4.69, 9.17) is 22.2 Å². The normalized spacial score (nSPS) is 23.8. The molecule has 2 aromatic rings. The topological polar surface area (TPSA) is 298 Å². The number of nitrogens with two attached hydrogens (primary N) is 1. The van der Waals surface area contributed by atoms with Gasteiger partial charge in [-0.25, -0.2) is 19.6 Å². The van der Waals surface area contributed by atoms with E-state index >= 15 is 0 Å². The number of carboxylic acids is 2. The first-order valence-corrected chi connectivity index (χ1v) is 20.5. The van der Waals surface area contributed by atoms with Crippen LogP contribution < -0.4 is 21.6 Å². The number of nitrogens with zero attached hydrogens (tertiary/aromatic N) is 6. The minimum absolute atomic E-state index is 0.00797. The molecule has 0 radical (unpaired) electrons. The molecule has 5 amide bonds. The Morgan fingerprint density at radius 1 is 1.19 bits per heavy atom. The number of hydrogen-bond donors (Lipinski definition) is 6. The molecule has 4 aliphatic heterocycles. The zero-order valence-electron chi connectivity index (χ0n) is 32.0. The molecule has 21 nitrogen and oxygen atoms in total. The van der Waals surface area contributed by atoms with Gasteiger partial charge in [0.15, 0.2) is 34.7 Å². The highest BCUT2D eigenvalue weighted by Crippen LogP contribution is 2.53. The van der Waals surface area contributed by atoms with Gasteiger partial charge in [-0.15, -0.1) is 11.3 Å². The Morgan fingerprint density at radius 2 is 1.88 bits per heavy atom. The van der Waals surface area contributed by atoms with Crippen LogP contribution in [0.3, 0.4) is 0 Å². The summed E-state index contributed by atoms with van der Waals surface area (Å²) in [7, 11) is 0. The van der Waals surface area contributed by atoms with E-state index in [1.54, 1.807) is 6.92 Å². The molecular weight excluding hydrogens is 838 g/mol. The van der Waals surface area contributed by atoms with Crippen LogP contribution in [-0.4, -0.2) is 154 Å². The van der Waals surface area contributed by atoms with E-state index in [-0.39, 0.29) is 51.2 Å². The fourth-order valence-electron chi connectivity index (χ4n) is 7.58. The van der Waals surface area contributed by atoms with Crippen molar-refractivity contribution in [2.75, 3.05) is 51.5 Å². The van der Waals surface area contributed by atoms with Gasteiger partial charge in [-0.05, 0) is 32.9 Å². The summed E-state index contributed by atoms with van der Waals surface area (Å²) in [6.45, 7) is 5.11. The number of carboxylic acid groups (broad SMARTS) is 2. The van der Waals surface area contributed by atoms with Gasteiger partial charge < -0.3 is 50.5 Å². The fraction of sp³-hybridized carbons (Fsp3) is 0.514. The van der Waals surface area contributed by atoms with Crippen LogP contribution in [0.15, 0.2) is 22.7 Å². The number of carbonyl (C=O) groups excluding carboxylic acids is 6. The molecule has 4 atom stereocenters. The average molecular weight is 880 g/mol. The van der Waals surface area contributed by atoms with E-state index in [0.29, 0.717) is 19.6 Å². The van der Waals surface area contributed by atoms with Gasteiger partial charge in [-0.2, -0.15) is 0 Å². The number of thiazole rings is 1. The number of likely N-dealkylation sites (tertiary alicyclic amines) is 1. The van der Waals surface area contributed by atoms with Crippen LogP contribution in [0, 0.1) is 5.92 Å². The van der Waals surface area contributed by atoms with E-state index < -0.39 is 93.7 Å². The second kappa shape index (κ2) is 16.3. The lowest BCUT2D eigenvalue weighted by molar-refractivity contribution is -0.908. The molecule has 7 N–H and O–H groups in total. The lowest BCUT2D eigenvalue weighted by atomic mass is 9.90. The van der Waals surface area contributed by atoms with Crippen LogP contribution in [0.2, 0.25) is 5.02 Å². The van der Waals surface area contributed by atoms with Gasteiger partial charge in [-0.1, -0.05) is 28.5 Å². The van der Waals surface area contributed by atoms with Crippen molar-refractivity contribution in [2.24, 2.45) is 11.1 Å². The fourth-order valence-corrected chi connectivity index (χ4v) is 10.1. The van der Waals surface area contributed by atoms with Crippen LogP contribution in [0.25, 0.3) is 0 Å². The van der Waals surface area contributed by atoms with Crippen molar-refractivity contribution < 1.29 is 63.3 Å². The maximum Gasteiger partial charge on any atom is 0.350 e. The number of phenols is 2. The van der Waals surface area contributed by atoms with E-state index in [9.17, 15) is 54.0 Å². The van der Waals surface area contributed by atoms with Crippen LogP contribution in [0.4, 0.5) is 9.93 Å². The van der Waals surface area contributed by atoms with Crippen LogP contribution >= 0.6 is 34.7 Å². The number of thioether (sulfide) groups is 1. The molecule has 0 saturated carbocycles. The number of aliphatic carboxylic acids is 2. The molecule has 6 rings (SSSR count). The Kier molecular flexibility index (Phi) is 12.0. The van der Waals surface area contributed by atoms with Gasteiger partial charge in [0.05, 0.1) is 73.2 Å². The number of phenolic OH excluding ortho intramolecular Hbond substituents is 2. The molecule has 5 heterocycles. The number of aromatic hydroxyl groups is 2. The number of oxime groups is 1. The third-order valence-electron chi connectivity index (χ3n) is 10.8. The van der Waals surface area contributed by atoms with Crippen LogP contribution in [-0.2, 0) is 28.8 Å². The molecule has 0 aliphatic carbocycles. The van der Waals surface area contributed by atoms with E-state index in [2.05, 4.69) is 20.9 Å². The first-order chi connectivity index (χ1) is 27.7. The Hall–Kier alpha value is -5.39. The molecule has 4 fully saturated rings. The number of hydrazine groups is 1. The second-order valence-electron chi connectivity index (χ2n) is 15.3. The SMILES string of the molecule is C[C@H]1CN(NC(=O)C[N+]2(CCNC(=O)c3ccc(O)c(O)c3Cl)CCCC2)C(=O)N1[C@]1(C(=O)[O-])CN2C(=O)C(CC(=O)/C(=N\OC(C)(C)C(=O)O)c3csc(N)n3)[C@H]2S1. The largest absolute Gasteiger partial charge is 0.547 e. The molecule has 1 aromatic carbocycles. The number of rotatable bonds is 16. The summed E-state index contributed by atoms with van der Waals surface area (Å²) in [5, 5.41) is 49.8. The van der Waals surface area contributed by atoms with Crippen molar-refractivity contribution in [1.29, 1.82) is 0 Å². The van der Waals surface area contributed by atoms with Gasteiger partial charge in [-0.3, -0.25) is 29.5 Å². The molecule has 59 heavy (non-hydrogen) atoms. The molecule has 318 valence electrons. The number of carbonyl (C=O) groups is 7. The summed E-state index contributed by atoms with van der Waals surface area (Å²) in [6, 6.07) is 0.789. The standard InChI is InChI=1S/C35H42ClN9O12S2/c1-17-13-43(40-23(48)14-45(9-4-5-10-45)11-8-38-27(50)18-6-7-21(46)26(49)24(18)36)33(56)44(17)35(31(54)55)16-42-28(51)19(29(42)59-35)12-22(47)25(20-15-58-32(37)39-20)41-57-34(2,3)30(52)53/h6-7,15,17,19,29H,4-5,8-14,16H2,1-3H3,(H7-,37,38,39,40,41,46,47,48,49,50,52,53,54,55)/t17-,19?,29+,35+/m0/s1. The summed E-state index contributed by atoms with van der Waals surface area (Å²) < 4.78 is 0.283. The third-order valence-corrected chi connectivity index (χ3v) is 13.5. The number of urea groups is 1. The Labute approximate surface area is 349 Å². The number of halogens is 1. The lowest BCUT2D eigenvalue weighted by Crippen LogP contribution is -2.64. The monoisotopic (exact) mass is 879 g/mol. The minimum atomic E-state index is -2.08. The molecule has 0 bridgehead atoms. The minimum Gasteiger partial charge on any atom is -0.547 e. The van der Waals surface area contributed by atoms with Crippen molar-refractivity contribution in [3.8, 4) is 11.5 Å². The highest BCUT2D eigenvalue weighted by Gasteiger charge is 2.64. The van der Waals surface area contributed by atoms with Crippen LogP contribution in [0.5, 0.6) is 11.5 Å². The smallest absolute Gasteiger partial charge is 0.350 e. The van der Waals surface area contributed by atoms with Crippen molar-refractivity contribution in [3.05, 3.63) is 33.8 Å². The first kappa shape index (κ1) is 43.2. The predicted molar refractivity (Wildman–Crippen MR) is 207 cm³/mol. The number of amides is 5. The number of ketones is 1. The number of Topliss-reactive ketones (excluding diaryl/α,β-unsaturated/α-hetero) is 1. The van der Waals surface area contributed by atoms with Gasteiger partial charge in [0.2, 0.25) is 11.5 Å². The summed E-state index contributed by atoms with van der Waals surface area (Å²) in [5.41, 5.74) is 6.09. The van der Waals surface area contributed by atoms with Crippen LogP contribution in [0.1, 0.15) is 56.1 Å². The lowest BCUT2D eigenvalue weighted by Gasteiger charge is -2.41. The quantitative estimate of drug-likeness (QED) is 0.0408. The molecule has 24 heteroatoms. The van der Waals surface area contributed by atoms with Gasteiger partial charge >= 0.3 is 12.0 Å². The zero-order valence-corrected chi connectivity index (χ0v) is 34.4. The number of nitrogen functional groups attached to an aromatic ring is 1. The number of β-lactam (4-membered cyclic amide) rings is 1. The first-order valence-electron chi connectivity index (χ1n) is 18.4. The number of anilines is 1. The summed E-state index contributed by atoms with van der Waals surface area (Å²) >= 11 is 7.78. The van der Waals surface area contributed by atoms with Gasteiger partial charge in [0, 0.05) is 24.6 Å². The second-order valence-corrected chi connectivity index (χ2v) is 17.9. The number of hydrogen-bond acceptors (Lipinski definition) is 16. The predicted octanol–water partition coefficient (Wildman–Crippen LogP) is -0.492. The molecular formula is C35H42ClN9O12S2. The molecule has 4 saturated heterocycles. The third kappa shape index (κ3) is 8.28. The number of nitrogens with one attached hydrogen (secondary N) is 2. The highest BCUT2D eigenvalue weighted by molar-refractivity contribution is 8.02. The van der Waals surface area contributed by atoms with Gasteiger partial charge in [0.25, 0.3) is 11.8 Å². The average Bonchev–Trinajstić information content (AvgIpc) is 3.95. The van der Waals surface area contributed by atoms with Crippen molar-refractivity contribution in [2.45, 2.75) is 61.9 Å². The highest BCUT2D eigenvalue weighted by atomic mass is 35.5. The van der Waals surface area contributed by atoms with E-state index in [1.165, 1.54) is 30.2 Å². The maximum atomic E-state index is 13.9. The Bertz CT molecular complexity index is 2130. The summed E-state index contributed by atoms with van der Waals surface area (Å²) in [4.78, 5) is 101. The maximum absolute atomic E-state index is 13.9. The van der Waals surface area contributed by atoms with Crippen molar-refractivity contribution in [1.82, 2.24) is 30.5 Å². The van der Waals surface area contributed by atoms with Gasteiger partial charge in [0.1, 0.15) is 10.6 Å². The summed E-state index contributed by atoms with van der Waals surface area (Å²) in [6.07, 6.45) is 1.14. The Balaban J connectivity index is 1.10. The molecule has 1 unspecified atom stereocenters. The number of fused-ring (bicyclic) bond motifs is 1. The molecule has 0 spiro atoms. The Morgan fingerprint density at radius 3 is 2.51 bits per heavy atom. The molecule has 1 aromatic heterocycles. The summed E-state index contributed by atoms with van der Waals surface area (Å²) in [5.74, 6) is -7.60. The van der Waals surface area contributed by atoms with E-state index in [0.717, 1.165) is 51.9 Å². The molecule has 4 aliphatic rings. The van der Waals surface area contributed by atoms with Crippen molar-refractivity contribution in [3.63, 3.8) is 0 Å². The van der Waals surface area contributed by atoms with E-state index in [1.807, 2.05) is 0 Å². The van der Waals surface area contributed by atoms with Crippen molar-refractivity contribution >= 4 is 87.0 Å².